The number of carbonyl (C=O) groups excluding carboxylic acids is 1. The van der Waals surface area contributed by atoms with Crippen molar-refractivity contribution in [1.29, 1.82) is 0 Å². The average Bonchev–Trinajstić information content (AvgIpc) is 2.46. The predicted octanol–water partition coefficient (Wildman–Crippen LogP) is 3.95. The highest BCUT2D eigenvalue weighted by molar-refractivity contribution is 9.10. The zero-order valence-corrected chi connectivity index (χ0v) is 14.5. The van der Waals surface area contributed by atoms with Crippen molar-refractivity contribution in [3.05, 3.63) is 63.0 Å². The van der Waals surface area contributed by atoms with Crippen molar-refractivity contribution >= 4 is 37.8 Å². The Bertz CT molecular complexity index is 599. The van der Waals surface area contributed by atoms with Crippen LogP contribution in [-0.4, -0.2) is 19.1 Å². The Hall–Kier alpha value is -1.33. The van der Waals surface area contributed by atoms with Crippen LogP contribution < -0.4 is 10.1 Å². The molecule has 5 heteroatoms. The first-order chi connectivity index (χ1) is 10.1. The second-order valence-electron chi connectivity index (χ2n) is 4.46. The van der Waals surface area contributed by atoms with E-state index in [1.807, 2.05) is 48.5 Å². The van der Waals surface area contributed by atoms with Crippen LogP contribution in [0.1, 0.15) is 5.56 Å². The minimum atomic E-state index is -0.00448. The second kappa shape index (κ2) is 8.20. The van der Waals surface area contributed by atoms with E-state index >= 15 is 0 Å². The predicted molar refractivity (Wildman–Crippen MR) is 90.5 cm³/mol. The van der Waals surface area contributed by atoms with Crippen LogP contribution in [0.25, 0.3) is 0 Å². The lowest BCUT2D eigenvalue weighted by molar-refractivity contribution is -0.120. The average molecular weight is 413 g/mol. The van der Waals surface area contributed by atoms with Crippen molar-refractivity contribution in [1.82, 2.24) is 5.32 Å². The molecule has 0 heterocycles. The van der Waals surface area contributed by atoms with Gasteiger partial charge < -0.3 is 10.1 Å². The molecule has 0 saturated heterocycles. The molecule has 1 N–H and O–H groups in total. The van der Waals surface area contributed by atoms with E-state index < -0.39 is 0 Å². The van der Waals surface area contributed by atoms with Crippen LogP contribution in [0.3, 0.4) is 0 Å². The van der Waals surface area contributed by atoms with Gasteiger partial charge in [0.2, 0.25) is 5.91 Å². The molecule has 2 rings (SSSR count). The van der Waals surface area contributed by atoms with E-state index in [1.165, 1.54) is 0 Å². The van der Waals surface area contributed by atoms with Crippen molar-refractivity contribution in [2.45, 2.75) is 6.42 Å². The van der Waals surface area contributed by atoms with Gasteiger partial charge in [-0.15, -0.1) is 0 Å². The van der Waals surface area contributed by atoms with Crippen LogP contribution in [-0.2, 0) is 11.2 Å². The van der Waals surface area contributed by atoms with E-state index in [0.717, 1.165) is 20.3 Å². The normalized spacial score (nSPS) is 10.2. The molecule has 110 valence electrons. The number of benzene rings is 2. The summed E-state index contributed by atoms with van der Waals surface area (Å²) in [7, 11) is 0. The Morgan fingerprint density at radius 2 is 1.81 bits per heavy atom. The van der Waals surface area contributed by atoms with Crippen molar-refractivity contribution in [2.24, 2.45) is 0 Å². The van der Waals surface area contributed by atoms with Gasteiger partial charge in [-0.05, 0) is 35.9 Å². The van der Waals surface area contributed by atoms with Crippen LogP contribution >= 0.6 is 31.9 Å². The lowest BCUT2D eigenvalue weighted by Gasteiger charge is -2.08. The summed E-state index contributed by atoms with van der Waals surface area (Å²) in [5, 5.41) is 2.84. The fraction of sp³-hybridized carbons (Fsp3) is 0.188. The number of nitrogens with one attached hydrogen (secondary N) is 1. The van der Waals surface area contributed by atoms with Gasteiger partial charge in [-0.1, -0.05) is 50.1 Å². The van der Waals surface area contributed by atoms with E-state index in [-0.39, 0.29) is 5.91 Å². The Morgan fingerprint density at radius 3 is 2.52 bits per heavy atom. The topological polar surface area (TPSA) is 38.3 Å². The summed E-state index contributed by atoms with van der Waals surface area (Å²) in [6, 6.07) is 15.3. The van der Waals surface area contributed by atoms with Crippen LogP contribution in [0.5, 0.6) is 5.75 Å². The van der Waals surface area contributed by atoms with Gasteiger partial charge in [0.1, 0.15) is 12.4 Å². The van der Waals surface area contributed by atoms with E-state index in [0.29, 0.717) is 19.6 Å². The first kappa shape index (κ1) is 16.0. The molecule has 0 aliphatic carbocycles. The summed E-state index contributed by atoms with van der Waals surface area (Å²) in [4.78, 5) is 11.8. The molecule has 2 aromatic rings. The smallest absolute Gasteiger partial charge is 0.224 e. The monoisotopic (exact) mass is 411 g/mol. The van der Waals surface area contributed by atoms with Gasteiger partial charge in [0.25, 0.3) is 0 Å². The van der Waals surface area contributed by atoms with Gasteiger partial charge in [-0.25, -0.2) is 0 Å². The van der Waals surface area contributed by atoms with Gasteiger partial charge >= 0.3 is 0 Å². The molecule has 0 atom stereocenters. The molecule has 0 saturated carbocycles. The zero-order valence-electron chi connectivity index (χ0n) is 11.3. The molecule has 0 fully saturated rings. The van der Waals surface area contributed by atoms with Crippen molar-refractivity contribution < 1.29 is 9.53 Å². The van der Waals surface area contributed by atoms with E-state index in [1.54, 1.807) is 0 Å². The molecule has 0 aromatic heterocycles. The number of halogens is 2. The molecule has 0 aliphatic heterocycles. The summed E-state index contributed by atoms with van der Waals surface area (Å²) >= 11 is 6.75. The van der Waals surface area contributed by atoms with Gasteiger partial charge in [-0.3, -0.25) is 4.79 Å². The van der Waals surface area contributed by atoms with Gasteiger partial charge in [-0.2, -0.15) is 0 Å². The van der Waals surface area contributed by atoms with Gasteiger partial charge in [0.15, 0.2) is 0 Å². The summed E-state index contributed by atoms with van der Waals surface area (Å²) in [5.74, 6) is 0.779. The Labute approximate surface area is 141 Å². The van der Waals surface area contributed by atoms with E-state index in [4.69, 9.17) is 4.74 Å². The molecule has 3 nitrogen and oxygen atoms in total. The number of hydrogen-bond donors (Lipinski definition) is 1. The highest BCUT2D eigenvalue weighted by Gasteiger charge is 2.03. The fourth-order valence-corrected chi connectivity index (χ4v) is 2.41. The van der Waals surface area contributed by atoms with Crippen molar-refractivity contribution in [3.8, 4) is 5.75 Å². The minimum absolute atomic E-state index is 0.00448. The number of carbonyl (C=O) groups is 1. The van der Waals surface area contributed by atoms with E-state index in [9.17, 15) is 4.79 Å². The summed E-state index contributed by atoms with van der Waals surface area (Å²) in [5.41, 5.74) is 0.989. The fourth-order valence-electron chi connectivity index (χ4n) is 1.77. The number of amides is 1. The van der Waals surface area contributed by atoms with Crippen LogP contribution in [0.4, 0.5) is 0 Å². The molecule has 21 heavy (non-hydrogen) atoms. The third kappa shape index (κ3) is 5.89. The Morgan fingerprint density at radius 1 is 1.05 bits per heavy atom. The minimum Gasteiger partial charge on any atom is -0.492 e. The van der Waals surface area contributed by atoms with Crippen LogP contribution in [0.2, 0.25) is 0 Å². The zero-order chi connectivity index (χ0) is 15.1. The van der Waals surface area contributed by atoms with Crippen LogP contribution in [0.15, 0.2) is 57.5 Å². The SMILES string of the molecule is O=C(Cc1ccc(Br)cc1)NCCOc1cccc(Br)c1. The molecule has 0 bridgehead atoms. The molecule has 2 aromatic carbocycles. The largest absolute Gasteiger partial charge is 0.492 e. The standard InChI is InChI=1S/C16H15Br2NO2/c17-13-6-4-12(5-7-13)10-16(20)19-8-9-21-15-3-1-2-14(18)11-15/h1-7,11H,8-10H2,(H,19,20). The van der Waals surface area contributed by atoms with Gasteiger partial charge in [0.05, 0.1) is 13.0 Å². The molecular weight excluding hydrogens is 398 g/mol. The molecule has 0 radical (unpaired) electrons. The molecule has 0 aliphatic rings. The maximum atomic E-state index is 11.8. The highest BCUT2D eigenvalue weighted by Crippen LogP contribution is 2.17. The Kier molecular flexibility index (Phi) is 6.26. The summed E-state index contributed by atoms with van der Waals surface area (Å²) in [6.45, 7) is 0.935. The van der Waals surface area contributed by atoms with Crippen molar-refractivity contribution in [2.75, 3.05) is 13.2 Å². The summed E-state index contributed by atoms with van der Waals surface area (Å²) in [6.07, 6.45) is 0.379. The highest BCUT2D eigenvalue weighted by atomic mass is 79.9. The lowest BCUT2D eigenvalue weighted by Crippen LogP contribution is -2.29. The lowest BCUT2D eigenvalue weighted by atomic mass is 10.1. The second-order valence-corrected chi connectivity index (χ2v) is 6.29. The number of ether oxygens (including phenoxy) is 1. The third-order valence-electron chi connectivity index (χ3n) is 2.77. The maximum Gasteiger partial charge on any atom is 0.224 e. The molecular formula is C16H15Br2NO2. The Balaban J connectivity index is 1.68. The number of rotatable bonds is 6. The van der Waals surface area contributed by atoms with Crippen molar-refractivity contribution in [3.63, 3.8) is 0 Å². The third-order valence-corrected chi connectivity index (χ3v) is 3.79. The first-order valence-electron chi connectivity index (χ1n) is 6.53. The summed E-state index contributed by atoms with van der Waals surface area (Å²) < 4.78 is 7.53. The van der Waals surface area contributed by atoms with E-state index in [2.05, 4.69) is 37.2 Å². The molecule has 0 spiro atoms. The molecule has 1 amide bonds. The first-order valence-corrected chi connectivity index (χ1v) is 8.11. The quantitative estimate of drug-likeness (QED) is 0.729. The number of hydrogen-bond acceptors (Lipinski definition) is 2. The maximum absolute atomic E-state index is 11.8. The van der Waals surface area contributed by atoms with Gasteiger partial charge in [0, 0.05) is 8.95 Å². The van der Waals surface area contributed by atoms with Crippen LogP contribution in [0, 0.1) is 0 Å². The molecule has 0 unspecified atom stereocenters.